The van der Waals surface area contributed by atoms with Gasteiger partial charge < -0.3 is 20.1 Å². The van der Waals surface area contributed by atoms with Gasteiger partial charge in [-0.15, -0.1) is 0 Å². The number of thiocarbonyl (C=S) groups is 1. The Morgan fingerprint density at radius 1 is 1.35 bits per heavy atom. The van der Waals surface area contributed by atoms with Gasteiger partial charge in [-0.3, -0.25) is 0 Å². The van der Waals surface area contributed by atoms with Gasteiger partial charge >= 0.3 is 0 Å². The summed E-state index contributed by atoms with van der Waals surface area (Å²) < 4.78 is 10.4. The minimum absolute atomic E-state index is 0.238. The molecule has 2 N–H and O–H groups in total. The third-order valence-corrected chi connectivity index (χ3v) is 3.36. The average molecular weight is 260 g/mol. The van der Waals surface area contributed by atoms with Crippen molar-refractivity contribution in [2.24, 2.45) is 5.92 Å². The lowest BCUT2D eigenvalue weighted by atomic mass is 9.93. The van der Waals surface area contributed by atoms with Crippen molar-refractivity contribution in [2.45, 2.75) is 38.8 Å². The molecule has 2 unspecified atom stereocenters. The molecule has 0 amide bonds. The summed E-state index contributed by atoms with van der Waals surface area (Å²) in [5.74, 6) is 0.654. The molecule has 1 aliphatic rings. The first kappa shape index (κ1) is 14.7. The van der Waals surface area contributed by atoms with E-state index in [4.69, 9.17) is 21.7 Å². The van der Waals surface area contributed by atoms with Crippen LogP contribution >= 0.6 is 12.2 Å². The second kappa shape index (κ2) is 7.84. The van der Waals surface area contributed by atoms with Crippen LogP contribution in [0.1, 0.15) is 26.7 Å². The second-order valence-corrected chi connectivity index (χ2v) is 5.12. The molecule has 2 atom stereocenters. The lowest BCUT2D eigenvalue weighted by Crippen LogP contribution is -2.48. The molecule has 0 aliphatic carbocycles. The molecule has 0 aromatic heterocycles. The SMILES string of the molecule is COCC(C)NC(=S)NC(C)C1CCOCC1. The lowest BCUT2D eigenvalue weighted by Gasteiger charge is -2.29. The maximum absolute atomic E-state index is 5.36. The van der Waals surface area contributed by atoms with E-state index in [9.17, 15) is 0 Å². The largest absolute Gasteiger partial charge is 0.383 e. The number of methoxy groups -OCH3 is 1. The first-order valence-corrected chi connectivity index (χ1v) is 6.68. The molecule has 0 aromatic carbocycles. The minimum Gasteiger partial charge on any atom is -0.383 e. The maximum atomic E-state index is 5.36. The van der Waals surface area contributed by atoms with Crippen molar-refractivity contribution < 1.29 is 9.47 Å². The molecule has 5 heteroatoms. The summed E-state index contributed by atoms with van der Waals surface area (Å²) in [6, 6.07) is 0.635. The van der Waals surface area contributed by atoms with Gasteiger partial charge in [-0.25, -0.2) is 0 Å². The van der Waals surface area contributed by atoms with Crippen LogP contribution in [0.25, 0.3) is 0 Å². The van der Waals surface area contributed by atoms with Gasteiger partial charge in [0.25, 0.3) is 0 Å². The van der Waals surface area contributed by atoms with Crippen LogP contribution < -0.4 is 10.6 Å². The zero-order valence-electron chi connectivity index (χ0n) is 11.0. The number of hydrogen-bond donors (Lipinski definition) is 2. The van der Waals surface area contributed by atoms with Crippen LogP contribution in [0, 0.1) is 5.92 Å². The Balaban J connectivity index is 2.24. The van der Waals surface area contributed by atoms with E-state index in [1.807, 2.05) is 0 Å². The van der Waals surface area contributed by atoms with Crippen LogP contribution in [0.3, 0.4) is 0 Å². The van der Waals surface area contributed by atoms with Gasteiger partial charge in [0.1, 0.15) is 0 Å². The van der Waals surface area contributed by atoms with E-state index in [2.05, 4.69) is 24.5 Å². The first-order chi connectivity index (χ1) is 8.13. The molecule has 0 aromatic rings. The van der Waals surface area contributed by atoms with Crippen molar-refractivity contribution in [3.05, 3.63) is 0 Å². The van der Waals surface area contributed by atoms with Crippen molar-refractivity contribution >= 4 is 17.3 Å². The molecule has 1 aliphatic heterocycles. The highest BCUT2D eigenvalue weighted by atomic mass is 32.1. The van der Waals surface area contributed by atoms with Gasteiger partial charge in [0.15, 0.2) is 5.11 Å². The van der Waals surface area contributed by atoms with Crippen LogP contribution in [-0.2, 0) is 9.47 Å². The minimum atomic E-state index is 0.238. The van der Waals surface area contributed by atoms with Crippen molar-refractivity contribution in [1.29, 1.82) is 0 Å². The molecule has 1 fully saturated rings. The van der Waals surface area contributed by atoms with Gasteiger partial charge in [0.2, 0.25) is 0 Å². The molecule has 0 saturated carbocycles. The molecule has 1 heterocycles. The zero-order chi connectivity index (χ0) is 12.7. The summed E-state index contributed by atoms with van der Waals surface area (Å²) in [7, 11) is 1.69. The molecule has 0 radical (unpaired) electrons. The van der Waals surface area contributed by atoms with E-state index in [1.54, 1.807) is 7.11 Å². The van der Waals surface area contributed by atoms with E-state index >= 15 is 0 Å². The quantitative estimate of drug-likeness (QED) is 0.729. The van der Waals surface area contributed by atoms with Crippen LogP contribution in [0.5, 0.6) is 0 Å². The predicted molar refractivity (Wildman–Crippen MR) is 73.2 cm³/mol. The molecule has 1 saturated heterocycles. The van der Waals surface area contributed by atoms with Crippen molar-refractivity contribution in [1.82, 2.24) is 10.6 Å². The number of hydrogen-bond acceptors (Lipinski definition) is 3. The zero-order valence-corrected chi connectivity index (χ0v) is 11.8. The third-order valence-electron chi connectivity index (χ3n) is 3.13. The Morgan fingerprint density at radius 2 is 2.00 bits per heavy atom. The van der Waals surface area contributed by atoms with Gasteiger partial charge in [0, 0.05) is 32.4 Å². The Bertz CT molecular complexity index is 233. The third kappa shape index (κ3) is 5.66. The average Bonchev–Trinajstić information content (AvgIpc) is 2.30. The Kier molecular flexibility index (Phi) is 6.77. The number of rotatable bonds is 5. The highest BCUT2D eigenvalue weighted by Gasteiger charge is 2.21. The van der Waals surface area contributed by atoms with E-state index in [0.717, 1.165) is 26.1 Å². The predicted octanol–water partition coefficient (Wildman–Crippen LogP) is 1.30. The van der Waals surface area contributed by atoms with E-state index in [1.165, 1.54) is 0 Å². The normalized spacial score (nSPS) is 20.6. The highest BCUT2D eigenvalue weighted by Crippen LogP contribution is 2.18. The first-order valence-electron chi connectivity index (χ1n) is 6.27. The molecular weight excluding hydrogens is 236 g/mol. The highest BCUT2D eigenvalue weighted by molar-refractivity contribution is 7.80. The van der Waals surface area contributed by atoms with Crippen LogP contribution in [0.4, 0.5) is 0 Å². The molecule has 1 rings (SSSR count). The molecule has 17 heavy (non-hydrogen) atoms. The Labute approximate surface area is 109 Å². The summed E-state index contributed by atoms with van der Waals surface area (Å²) in [6.07, 6.45) is 2.23. The molecule has 0 spiro atoms. The van der Waals surface area contributed by atoms with Crippen molar-refractivity contribution in [2.75, 3.05) is 26.9 Å². The maximum Gasteiger partial charge on any atom is 0.166 e. The Morgan fingerprint density at radius 3 is 2.59 bits per heavy atom. The molecular formula is C12H24N2O2S. The van der Waals surface area contributed by atoms with Gasteiger partial charge in [-0.05, 0) is 44.8 Å². The second-order valence-electron chi connectivity index (χ2n) is 4.71. The Hall–Kier alpha value is -0.390. The fourth-order valence-corrected chi connectivity index (χ4v) is 2.48. The fourth-order valence-electron chi connectivity index (χ4n) is 2.10. The van der Waals surface area contributed by atoms with Crippen molar-refractivity contribution in [3.8, 4) is 0 Å². The summed E-state index contributed by atoms with van der Waals surface area (Å²) in [4.78, 5) is 0. The van der Waals surface area contributed by atoms with Gasteiger partial charge in [-0.2, -0.15) is 0 Å². The van der Waals surface area contributed by atoms with Crippen LogP contribution in [0.2, 0.25) is 0 Å². The van der Waals surface area contributed by atoms with E-state index < -0.39 is 0 Å². The summed E-state index contributed by atoms with van der Waals surface area (Å²) >= 11 is 5.28. The van der Waals surface area contributed by atoms with Gasteiger partial charge in [-0.1, -0.05) is 0 Å². The van der Waals surface area contributed by atoms with E-state index in [-0.39, 0.29) is 6.04 Å². The smallest absolute Gasteiger partial charge is 0.166 e. The lowest BCUT2D eigenvalue weighted by molar-refractivity contribution is 0.0581. The molecule has 100 valence electrons. The molecule has 0 bridgehead atoms. The number of ether oxygens (including phenoxy) is 2. The fraction of sp³-hybridized carbons (Fsp3) is 0.917. The van der Waals surface area contributed by atoms with Gasteiger partial charge in [0.05, 0.1) is 6.61 Å². The monoisotopic (exact) mass is 260 g/mol. The summed E-state index contributed by atoms with van der Waals surface area (Å²) in [5.41, 5.74) is 0. The standard InChI is InChI=1S/C12H24N2O2S/c1-9(8-15-3)13-12(17)14-10(2)11-4-6-16-7-5-11/h9-11H,4-8H2,1-3H3,(H2,13,14,17). The van der Waals surface area contributed by atoms with Crippen LogP contribution in [-0.4, -0.2) is 44.1 Å². The van der Waals surface area contributed by atoms with Crippen molar-refractivity contribution in [3.63, 3.8) is 0 Å². The summed E-state index contributed by atoms with van der Waals surface area (Å²) in [5, 5.41) is 7.28. The van der Waals surface area contributed by atoms with E-state index in [0.29, 0.717) is 23.7 Å². The molecule has 4 nitrogen and oxygen atoms in total. The van der Waals surface area contributed by atoms with Crippen LogP contribution in [0.15, 0.2) is 0 Å². The topological polar surface area (TPSA) is 42.5 Å². The number of nitrogens with one attached hydrogen (secondary N) is 2. The summed E-state index contributed by atoms with van der Waals surface area (Å²) in [6.45, 7) is 6.64.